The summed E-state index contributed by atoms with van der Waals surface area (Å²) >= 11 is 1.82. The van der Waals surface area contributed by atoms with E-state index in [1.807, 2.05) is 11.3 Å². The van der Waals surface area contributed by atoms with E-state index >= 15 is 0 Å². The molecule has 2 N–H and O–H groups in total. The highest BCUT2D eigenvalue weighted by atomic mass is 32.1. The Kier molecular flexibility index (Phi) is 4.18. The minimum absolute atomic E-state index is 0.117. The second-order valence-corrected chi connectivity index (χ2v) is 5.80. The van der Waals surface area contributed by atoms with Gasteiger partial charge in [-0.25, -0.2) is 0 Å². The maximum absolute atomic E-state index is 11.5. The highest BCUT2D eigenvalue weighted by Crippen LogP contribution is 2.23. The highest BCUT2D eigenvalue weighted by Gasteiger charge is 2.23. The van der Waals surface area contributed by atoms with Gasteiger partial charge in [0.05, 0.1) is 6.54 Å². The molecule has 0 radical (unpaired) electrons. The average Bonchev–Trinajstić information content (AvgIpc) is 2.99. The number of carbonyl (C=O) groups is 1. The first-order valence-corrected chi connectivity index (χ1v) is 7.12. The topological polar surface area (TPSA) is 41.1 Å². The van der Waals surface area contributed by atoms with Crippen molar-refractivity contribution in [1.29, 1.82) is 0 Å². The third-order valence-corrected chi connectivity index (χ3v) is 4.38. The molecule has 3 nitrogen and oxygen atoms in total. The zero-order valence-electron chi connectivity index (χ0n) is 10.5. The van der Waals surface area contributed by atoms with Crippen LogP contribution in [-0.2, 0) is 11.2 Å². The van der Waals surface area contributed by atoms with Crippen LogP contribution in [0.1, 0.15) is 42.5 Å². The first kappa shape index (κ1) is 12.6. The highest BCUT2D eigenvalue weighted by molar-refractivity contribution is 7.12. The fraction of sp³-hybridized carbons (Fsp3) is 0.615. The molecule has 1 aliphatic rings. The molecule has 94 valence electrons. The predicted molar refractivity (Wildman–Crippen MR) is 71.3 cm³/mol. The molecule has 1 aromatic heterocycles. The molecule has 1 saturated carbocycles. The monoisotopic (exact) mass is 252 g/mol. The molecule has 4 heteroatoms. The summed E-state index contributed by atoms with van der Waals surface area (Å²) in [5, 5.41) is 6.25. The molecular weight excluding hydrogens is 232 g/mol. The first-order chi connectivity index (χ1) is 8.19. The lowest BCUT2D eigenvalue weighted by molar-refractivity contribution is -0.120. The molecule has 1 heterocycles. The predicted octanol–water partition coefficient (Wildman–Crippen LogP) is 2.24. The van der Waals surface area contributed by atoms with Crippen molar-refractivity contribution < 1.29 is 4.79 Å². The molecule has 0 saturated heterocycles. The van der Waals surface area contributed by atoms with Gasteiger partial charge >= 0.3 is 0 Å². The van der Waals surface area contributed by atoms with Gasteiger partial charge in [-0.05, 0) is 38.3 Å². The molecule has 1 amide bonds. The van der Waals surface area contributed by atoms with E-state index in [1.165, 1.54) is 9.75 Å². The van der Waals surface area contributed by atoms with Crippen molar-refractivity contribution in [3.05, 3.63) is 21.9 Å². The van der Waals surface area contributed by atoms with Gasteiger partial charge in [-0.3, -0.25) is 4.79 Å². The molecule has 0 bridgehead atoms. The van der Waals surface area contributed by atoms with E-state index in [4.69, 9.17) is 0 Å². The largest absolute Gasteiger partial charge is 0.352 e. The number of nitrogens with one attached hydrogen (secondary N) is 2. The summed E-state index contributed by atoms with van der Waals surface area (Å²) in [5.74, 6) is 0.117. The SMILES string of the molecule is CCc1ccc(C(C)NCC(=O)NC2CC2)s1. The second-order valence-electron chi connectivity index (χ2n) is 4.60. The summed E-state index contributed by atoms with van der Waals surface area (Å²) in [6.45, 7) is 4.68. The molecule has 1 fully saturated rings. The Morgan fingerprint density at radius 2 is 2.29 bits per heavy atom. The molecule has 1 atom stereocenters. The van der Waals surface area contributed by atoms with Crippen LogP contribution < -0.4 is 10.6 Å². The second kappa shape index (κ2) is 5.65. The van der Waals surface area contributed by atoms with Crippen LogP contribution in [0.3, 0.4) is 0 Å². The summed E-state index contributed by atoms with van der Waals surface area (Å²) < 4.78 is 0. The van der Waals surface area contributed by atoms with Crippen molar-refractivity contribution in [3.8, 4) is 0 Å². The normalized spacial score (nSPS) is 16.8. The van der Waals surface area contributed by atoms with Crippen molar-refractivity contribution in [2.24, 2.45) is 0 Å². The van der Waals surface area contributed by atoms with Crippen molar-refractivity contribution in [2.45, 2.75) is 45.2 Å². The summed E-state index contributed by atoms with van der Waals surface area (Å²) in [5.41, 5.74) is 0. The van der Waals surface area contributed by atoms with Gasteiger partial charge in [-0.1, -0.05) is 6.92 Å². The lowest BCUT2D eigenvalue weighted by Gasteiger charge is -2.11. The molecule has 0 aromatic carbocycles. The maximum Gasteiger partial charge on any atom is 0.234 e. The minimum Gasteiger partial charge on any atom is -0.352 e. The Morgan fingerprint density at radius 3 is 2.88 bits per heavy atom. The molecule has 17 heavy (non-hydrogen) atoms. The van der Waals surface area contributed by atoms with E-state index in [0.29, 0.717) is 12.6 Å². The van der Waals surface area contributed by atoms with E-state index in [1.54, 1.807) is 0 Å². The Labute approximate surface area is 107 Å². The first-order valence-electron chi connectivity index (χ1n) is 6.30. The summed E-state index contributed by atoms with van der Waals surface area (Å²) in [4.78, 5) is 14.2. The summed E-state index contributed by atoms with van der Waals surface area (Å²) in [6, 6.07) is 5.03. The Hall–Kier alpha value is -0.870. The molecule has 1 aliphatic carbocycles. The van der Waals surface area contributed by atoms with Crippen LogP contribution >= 0.6 is 11.3 Å². The number of thiophene rings is 1. The smallest absolute Gasteiger partial charge is 0.234 e. The van der Waals surface area contributed by atoms with Gasteiger partial charge in [0, 0.05) is 21.8 Å². The van der Waals surface area contributed by atoms with Crippen molar-refractivity contribution in [1.82, 2.24) is 10.6 Å². The maximum atomic E-state index is 11.5. The number of hydrogen-bond donors (Lipinski definition) is 2. The Bertz CT molecular complexity index is 385. The van der Waals surface area contributed by atoms with Crippen molar-refractivity contribution >= 4 is 17.2 Å². The van der Waals surface area contributed by atoms with Crippen LogP contribution in [0, 0.1) is 0 Å². The van der Waals surface area contributed by atoms with Gasteiger partial charge < -0.3 is 10.6 Å². The molecule has 1 unspecified atom stereocenters. The molecule has 1 aromatic rings. The molecular formula is C13H20N2OS. The van der Waals surface area contributed by atoms with Gasteiger partial charge in [0.25, 0.3) is 0 Å². The van der Waals surface area contributed by atoms with Crippen LogP contribution in [0.25, 0.3) is 0 Å². The zero-order valence-corrected chi connectivity index (χ0v) is 11.3. The third-order valence-electron chi connectivity index (χ3n) is 2.97. The number of rotatable bonds is 6. The van der Waals surface area contributed by atoms with Crippen LogP contribution in [-0.4, -0.2) is 18.5 Å². The molecule has 2 rings (SSSR count). The van der Waals surface area contributed by atoms with E-state index in [0.717, 1.165) is 19.3 Å². The van der Waals surface area contributed by atoms with Crippen LogP contribution in [0.4, 0.5) is 0 Å². The fourth-order valence-electron chi connectivity index (χ4n) is 1.67. The van der Waals surface area contributed by atoms with Crippen LogP contribution in [0.2, 0.25) is 0 Å². The van der Waals surface area contributed by atoms with Gasteiger partial charge in [0.15, 0.2) is 0 Å². The van der Waals surface area contributed by atoms with Gasteiger partial charge in [-0.2, -0.15) is 0 Å². The van der Waals surface area contributed by atoms with E-state index in [2.05, 4.69) is 36.6 Å². The van der Waals surface area contributed by atoms with Crippen molar-refractivity contribution in [2.75, 3.05) is 6.54 Å². The lowest BCUT2D eigenvalue weighted by atomic mass is 10.2. The Balaban J connectivity index is 1.75. The van der Waals surface area contributed by atoms with Crippen LogP contribution in [0.15, 0.2) is 12.1 Å². The standard InChI is InChI=1S/C13H20N2OS/c1-3-11-6-7-12(17-11)9(2)14-8-13(16)15-10-4-5-10/h6-7,9-10,14H,3-5,8H2,1-2H3,(H,15,16). The van der Waals surface area contributed by atoms with Gasteiger partial charge in [-0.15, -0.1) is 11.3 Å². The number of aryl methyl sites for hydroxylation is 1. The lowest BCUT2D eigenvalue weighted by Crippen LogP contribution is -2.35. The van der Waals surface area contributed by atoms with Gasteiger partial charge in [0.2, 0.25) is 5.91 Å². The van der Waals surface area contributed by atoms with E-state index < -0.39 is 0 Å². The molecule has 0 spiro atoms. The van der Waals surface area contributed by atoms with Crippen molar-refractivity contribution in [3.63, 3.8) is 0 Å². The summed E-state index contributed by atoms with van der Waals surface area (Å²) in [7, 11) is 0. The summed E-state index contributed by atoms with van der Waals surface area (Å²) in [6.07, 6.45) is 3.37. The van der Waals surface area contributed by atoms with Gasteiger partial charge in [0.1, 0.15) is 0 Å². The average molecular weight is 252 g/mol. The van der Waals surface area contributed by atoms with Crippen LogP contribution in [0.5, 0.6) is 0 Å². The Morgan fingerprint density at radius 1 is 1.53 bits per heavy atom. The van der Waals surface area contributed by atoms with E-state index in [9.17, 15) is 4.79 Å². The minimum atomic E-state index is 0.117. The fourth-order valence-corrected chi connectivity index (χ4v) is 2.65. The quantitative estimate of drug-likeness (QED) is 0.815. The number of carbonyl (C=O) groups excluding carboxylic acids is 1. The third kappa shape index (κ3) is 3.82. The molecule has 0 aliphatic heterocycles. The number of amides is 1. The van der Waals surface area contributed by atoms with E-state index in [-0.39, 0.29) is 11.9 Å². The zero-order chi connectivity index (χ0) is 12.3. The number of hydrogen-bond acceptors (Lipinski definition) is 3.